The van der Waals surface area contributed by atoms with Gasteiger partial charge in [-0.15, -0.1) is 0 Å². The fraction of sp³-hybridized carbons (Fsp3) is 0.357. The Kier molecular flexibility index (Phi) is 7.33. The maximum absolute atomic E-state index is 13.1. The number of pyridine rings is 2. The number of hydrogen-bond acceptors (Lipinski definition) is 7. The van der Waals surface area contributed by atoms with Gasteiger partial charge in [0.25, 0.3) is 0 Å². The number of aryl methyl sites for hydroxylation is 1. The van der Waals surface area contributed by atoms with Crippen molar-refractivity contribution < 1.29 is 19.0 Å². The predicted octanol–water partition coefficient (Wildman–Crippen LogP) is 5.44. The van der Waals surface area contributed by atoms with Crippen molar-refractivity contribution in [2.75, 3.05) is 19.5 Å². The fourth-order valence-electron chi connectivity index (χ4n) is 4.10. The van der Waals surface area contributed by atoms with Crippen molar-refractivity contribution in [3.05, 3.63) is 59.7 Å². The number of fused-ring (bicyclic) bond motifs is 1. The van der Waals surface area contributed by atoms with Crippen molar-refractivity contribution in [2.24, 2.45) is 0 Å². The van der Waals surface area contributed by atoms with Crippen LogP contribution >= 0.6 is 0 Å². The second-order valence-electron chi connectivity index (χ2n) is 9.70. The van der Waals surface area contributed by atoms with Crippen LogP contribution in [0, 0.1) is 6.92 Å². The van der Waals surface area contributed by atoms with Crippen molar-refractivity contribution in [3.8, 4) is 23.0 Å². The van der Waals surface area contributed by atoms with Gasteiger partial charge in [0.15, 0.2) is 0 Å². The van der Waals surface area contributed by atoms with E-state index >= 15 is 0 Å². The number of methoxy groups -OCH3 is 2. The average molecular weight is 504 g/mol. The Morgan fingerprint density at radius 1 is 1.00 bits per heavy atom. The Labute approximate surface area is 216 Å². The first-order valence-electron chi connectivity index (χ1n) is 12.2. The van der Waals surface area contributed by atoms with E-state index < -0.39 is 0 Å². The molecule has 37 heavy (non-hydrogen) atoms. The summed E-state index contributed by atoms with van der Waals surface area (Å²) >= 11 is 0. The molecule has 9 nitrogen and oxygen atoms in total. The molecule has 0 unspecified atom stereocenters. The number of rotatable bonds is 8. The second kappa shape index (κ2) is 10.5. The Morgan fingerprint density at radius 3 is 2.46 bits per heavy atom. The number of aromatic nitrogens is 4. The van der Waals surface area contributed by atoms with Crippen LogP contribution < -0.4 is 19.5 Å². The molecule has 0 aliphatic carbocycles. The summed E-state index contributed by atoms with van der Waals surface area (Å²) in [5, 5.41) is 8.56. The largest absolute Gasteiger partial charge is 0.497 e. The van der Waals surface area contributed by atoms with Gasteiger partial charge in [-0.25, -0.2) is 4.68 Å². The highest BCUT2D eigenvalue weighted by Gasteiger charge is 2.24. The lowest BCUT2D eigenvalue weighted by Gasteiger charge is -2.23. The van der Waals surface area contributed by atoms with Crippen LogP contribution in [0.1, 0.15) is 44.6 Å². The summed E-state index contributed by atoms with van der Waals surface area (Å²) < 4.78 is 18.9. The van der Waals surface area contributed by atoms with Gasteiger partial charge in [0.05, 0.1) is 49.3 Å². The van der Waals surface area contributed by atoms with E-state index in [0.717, 1.165) is 28.6 Å². The SMILES string of the molecule is CCc1nn(C(C)(C)C)c(NC(=O)Cc2ncc(Oc3ccnc4ccc(OC)cc34)cc2OC)c1C. The van der Waals surface area contributed by atoms with E-state index in [0.29, 0.717) is 34.5 Å². The van der Waals surface area contributed by atoms with Crippen LogP contribution in [-0.2, 0) is 23.2 Å². The van der Waals surface area contributed by atoms with E-state index in [1.807, 2.05) is 29.8 Å². The Bertz CT molecular complexity index is 1440. The first-order valence-corrected chi connectivity index (χ1v) is 12.2. The normalized spacial score (nSPS) is 11.4. The molecule has 1 amide bonds. The predicted molar refractivity (Wildman–Crippen MR) is 143 cm³/mol. The quantitative estimate of drug-likeness (QED) is 0.342. The number of anilines is 1. The molecule has 1 N–H and O–H groups in total. The molecular formula is C28H33N5O4. The van der Waals surface area contributed by atoms with E-state index in [1.165, 1.54) is 0 Å². The van der Waals surface area contributed by atoms with Crippen LogP contribution in [0.4, 0.5) is 5.82 Å². The standard InChI is InChI=1S/C28H33N5O4/c1-8-21-17(2)27(33(32-21)28(3,4)5)31-26(34)15-23-25(36-7)14-19(16-30-23)37-24-11-12-29-22-10-9-18(35-6)13-20(22)24/h9-14,16H,8,15H2,1-7H3,(H,31,34). The van der Waals surface area contributed by atoms with Gasteiger partial charge in [-0.1, -0.05) is 6.92 Å². The number of ether oxygens (including phenoxy) is 3. The molecule has 0 aliphatic rings. The third-order valence-electron chi connectivity index (χ3n) is 6.04. The van der Waals surface area contributed by atoms with Gasteiger partial charge in [0, 0.05) is 23.2 Å². The smallest absolute Gasteiger partial charge is 0.231 e. The summed E-state index contributed by atoms with van der Waals surface area (Å²) in [6.07, 6.45) is 4.09. The number of amides is 1. The highest BCUT2D eigenvalue weighted by atomic mass is 16.5. The number of nitrogens with zero attached hydrogens (tertiary/aromatic N) is 4. The second-order valence-corrected chi connectivity index (χ2v) is 9.70. The monoisotopic (exact) mass is 503 g/mol. The van der Waals surface area contributed by atoms with Gasteiger partial charge in [-0.2, -0.15) is 5.10 Å². The van der Waals surface area contributed by atoms with E-state index in [1.54, 1.807) is 38.7 Å². The third-order valence-corrected chi connectivity index (χ3v) is 6.04. The summed E-state index contributed by atoms with van der Waals surface area (Å²) in [6.45, 7) is 10.2. The van der Waals surface area contributed by atoms with Crippen LogP contribution in [0.2, 0.25) is 0 Å². The minimum atomic E-state index is -0.281. The van der Waals surface area contributed by atoms with Crippen LogP contribution in [0.25, 0.3) is 10.9 Å². The molecule has 3 heterocycles. The van der Waals surface area contributed by atoms with Crippen LogP contribution in [0.15, 0.2) is 42.7 Å². The fourth-order valence-corrected chi connectivity index (χ4v) is 4.10. The number of nitrogens with one attached hydrogen (secondary N) is 1. The first-order chi connectivity index (χ1) is 17.6. The van der Waals surface area contributed by atoms with Crippen molar-refractivity contribution >= 4 is 22.6 Å². The summed E-state index contributed by atoms with van der Waals surface area (Å²) in [6, 6.07) is 9.10. The molecule has 0 saturated carbocycles. The Morgan fingerprint density at radius 2 is 1.78 bits per heavy atom. The molecule has 9 heteroatoms. The molecular weight excluding hydrogens is 470 g/mol. The minimum absolute atomic E-state index is 0.0368. The Hall–Kier alpha value is -4.14. The van der Waals surface area contributed by atoms with Crippen LogP contribution in [-0.4, -0.2) is 39.9 Å². The third kappa shape index (κ3) is 5.50. The highest BCUT2D eigenvalue weighted by Crippen LogP contribution is 2.33. The van der Waals surface area contributed by atoms with Crippen LogP contribution in [0.5, 0.6) is 23.0 Å². The molecule has 1 aromatic carbocycles. The van der Waals surface area contributed by atoms with Gasteiger partial charge < -0.3 is 19.5 Å². The molecule has 0 spiro atoms. The summed E-state index contributed by atoms with van der Waals surface area (Å²) in [5.74, 6) is 2.74. The lowest BCUT2D eigenvalue weighted by molar-refractivity contribution is -0.115. The van der Waals surface area contributed by atoms with E-state index in [4.69, 9.17) is 19.3 Å². The zero-order valence-electron chi connectivity index (χ0n) is 22.4. The van der Waals surface area contributed by atoms with Crippen LogP contribution in [0.3, 0.4) is 0 Å². The van der Waals surface area contributed by atoms with Crippen molar-refractivity contribution in [2.45, 2.75) is 53.0 Å². The number of carbonyl (C=O) groups is 1. The number of carbonyl (C=O) groups excluding carboxylic acids is 1. The molecule has 0 radical (unpaired) electrons. The van der Waals surface area contributed by atoms with Crippen molar-refractivity contribution in [1.82, 2.24) is 19.7 Å². The molecule has 194 valence electrons. The van der Waals surface area contributed by atoms with Gasteiger partial charge in [0.1, 0.15) is 28.8 Å². The van der Waals surface area contributed by atoms with Crippen molar-refractivity contribution in [1.29, 1.82) is 0 Å². The number of hydrogen-bond donors (Lipinski definition) is 1. The van der Waals surface area contributed by atoms with E-state index in [-0.39, 0.29) is 17.9 Å². The maximum atomic E-state index is 13.1. The molecule has 0 atom stereocenters. The Balaban J connectivity index is 1.56. The topological polar surface area (TPSA) is 100 Å². The first kappa shape index (κ1) is 25.9. The molecule has 0 aliphatic heterocycles. The zero-order chi connectivity index (χ0) is 26.7. The van der Waals surface area contributed by atoms with Gasteiger partial charge >= 0.3 is 0 Å². The molecule has 0 fully saturated rings. The van der Waals surface area contributed by atoms with Gasteiger partial charge in [-0.3, -0.25) is 14.8 Å². The summed E-state index contributed by atoms with van der Waals surface area (Å²) in [5.41, 5.74) is 2.93. The molecule has 0 bridgehead atoms. The lowest BCUT2D eigenvalue weighted by Crippen LogP contribution is -2.27. The van der Waals surface area contributed by atoms with E-state index in [2.05, 4.69) is 43.0 Å². The van der Waals surface area contributed by atoms with Gasteiger partial charge in [0.2, 0.25) is 5.91 Å². The van der Waals surface area contributed by atoms with Crippen molar-refractivity contribution in [3.63, 3.8) is 0 Å². The minimum Gasteiger partial charge on any atom is -0.497 e. The summed E-state index contributed by atoms with van der Waals surface area (Å²) in [4.78, 5) is 21.9. The molecule has 0 saturated heterocycles. The summed E-state index contributed by atoms with van der Waals surface area (Å²) in [7, 11) is 3.16. The van der Waals surface area contributed by atoms with Gasteiger partial charge in [-0.05, 0) is 58.4 Å². The molecule has 4 aromatic rings. The zero-order valence-corrected chi connectivity index (χ0v) is 22.4. The highest BCUT2D eigenvalue weighted by molar-refractivity contribution is 5.92. The van der Waals surface area contributed by atoms with E-state index in [9.17, 15) is 4.79 Å². The maximum Gasteiger partial charge on any atom is 0.231 e. The molecule has 3 aromatic heterocycles. The molecule has 4 rings (SSSR count). The lowest BCUT2D eigenvalue weighted by atomic mass is 10.1. The average Bonchev–Trinajstić information content (AvgIpc) is 3.20. The number of benzene rings is 1.